The summed E-state index contributed by atoms with van der Waals surface area (Å²) in [5.41, 5.74) is 8.10. The maximum absolute atomic E-state index is 5.46. The Morgan fingerprint density at radius 3 is 2.80 bits per heavy atom. The molecule has 0 aliphatic rings. The van der Waals surface area contributed by atoms with E-state index in [9.17, 15) is 0 Å². The molecule has 2 aromatic rings. The molecule has 0 saturated heterocycles. The Balaban J connectivity index is 2.55. The lowest BCUT2D eigenvalue weighted by Crippen LogP contribution is -1.98. The lowest BCUT2D eigenvalue weighted by atomic mass is 10.1. The van der Waals surface area contributed by atoms with Crippen LogP contribution in [0.15, 0.2) is 6.07 Å². The first-order chi connectivity index (χ1) is 7.20. The third-order valence-corrected chi connectivity index (χ3v) is 2.09. The molecule has 0 bridgehead atoms. The summed E-state index contributed by atoms with van der Waals surface area (Å²) in [6, 6.07) is 1.92. The monoisotopic (exact) mass is 204 g/mol. The molecule has 2 heterocycles. The smallest absolute Gasteiger partial charge is 0.239 e. The predicted molar refractivity (Wildman–Crippen MR) is 55.9 cm³/mol. The van der Waals surface area contributed by atoms with Crippen LogP contribution in [-0.4, -0.2) is 25.4 Å². The molecule has 0 fully saturated rings. The average Bonchev–Trinajstić information content (AvgIpc) is 2.65. The summed E-state index contributed by atoms with van der Waals surface area (Å²) in [4.78, 5) is 4.07. The Hall–Kier alpha value is -1.98. The van der Waals surface area contributed by atoms with Gasteiger partial charge in [-0.2, -0.15) is 15.2 Å². The molecule has 0 aliphatic carbocycles. The highest BCUT2D eigenvalue weighted by molar-refractivity contribution is 5.58. The number of rotatable bonds is 2. The fourth-order valence-electron chi connectivity index (χ4n) is 1.38. The van der Waals surface area contributed by atoms with Gasteiger partial charge < -0.3 is 5.73 Å². The van der Waals surface area contributed by atoms with E-state index < -0.39 is 0 Å². The molecular formula is C9H12N6. The van der Waals surface area contributed by atoms with E-state index in [1.54, 1.807) is 0 Å². The molecule has 15 heavy (non-hydrogen) atoms. The first-order valence-electron chi connectivity index (χ1n) is 4.72. The molecule has 78 valence electrons. The van der Waals surface area contributed by atoms with E-state index >= 15 is 0 Å². The van der Waals surface area contributed by atoms with Crippen molar-refractivity contribution in [3.05, 3.63) is 17.5 Å². The normalized spacial score (nSPS) is 10.5. The van der Waals surface area contributed by atoms with Gasteiger partial charge in [0.15, 0.2) is 5.82 Å². The van der Waals surface area contributed by atoms with Gasteiger partial charge in [-0.1, -0.05) is 6.92 Å². The maximum atomic E-state index is 5.46. The van der Waals surface area contributed by atoms with Crippen molar-refractivity contribution >= 4 is 5.95 Å². The highest BCUT2D eigenvalue weighted by atomic mass is 15.3. The molecular weight excluding hydrogens is 192 g/mol. The van der Waals surface area contributed by atoms with Gasteiger partial charge in [0.05, 0.1) is 11.4 Å². The molecule has 2 rings (SSSR count). The number of aromatic nitrogens is 5. The molecule has 6 nitrogen and oxygen atoms in total. The minimum absolute atomic E-state index is 0.238. The number of H-pyrrole nitrogens is 1. The van der Waals surface area contributed by atoms with Gasteiger partial charge in [0.1, 0.15) is 0 Å². The lowest BCUT2D eigenvalue weighted by Gasteiger charge is -2.02. The molecule has 0 aliphatic heterocycles. The van der Waals surface area contributed by atoms with Crippen LogP contribution in [0.4, 0.5) is 5.95 Å². The lowest BCUT2D eigenvalue weighted by molar-refractivity contribution is 0.892. The number of aromatic amines is 1. The van der Waals surface area contributed by atoms with Crippen LogP contribution in [0, 0.1) is 6.92 Å². The molecule has 0 spiro atoms. The minimum atomic E-state index is 0.238. The zero-order valence-electron chi connectivity index (χ0n) is 8.65. The molecule has 0 aromatic carbocycles. The maximum Gasteiger partial charge on any atom is 0.239 e. The Bertz CT molecular complexity index is 475. The number of aryl methyl sites for hydroxylation is 2. The van der Waals surface area contributed by atoms with Gasteiger partial charge >= 0.3 is 0 Å². The quantitative estimate of drug-likeness (QED) is 0.751. The van der Waals surface area contributed by atoms with Crippen LogP contribution in [0.25, 0.3) is 11.4 Å². The summed E-state index contributed by atoms with van der Waals surface area (Å²) in [5, 5.41) is 14.7. The van der Waals surface area contributed by atoms with Crippen LogP contribution >= 0.6 is 0 Å². The van der Waals surface area contributed by atoms with Crippen molar-refractivity contribution in [2.24, 2.45) is 0 Å². The Morgan fingerprint density at radius 1 is 1.40 bits per heavy atom. The number of nitrogen functional groups attached to an aromatic ring is 1. The second kappa shape index (κ2) is 3.64. The van der Waals surface area contributed by atoms with Gasteiger partial charge in [-0.05, 0) is 19.4 Å². The summed E-state index contributed by atoms with van der Waals surface area (Å²) in [7, 11) is 0. The van der Waals surface area contributed by atoms with Crippen molar-refractivity contribution in [1.29, 1.82) is 0 Å². The first kappa shape index (κ1) is 9.57. The largest absolute Gasteiger partial charge is 0.366 e. The molecule has 6 heteroatoms. The SMILES string of the molecule is CCc1nnc(C)cc1-c1nc(N)n[nH]1. The van der Waals surface area contributed by atoms with Crippen LogP contribution in [0.2, 0.25) is 0 Å². The molecule has 0 radical (unpaired) electrons. The first-order valence-corrected chi connectivity index (χ1v) is 4.72. The molecule has 0 atom stereocenters. The fourth-order valence-corrected chi connectivity index (χ4v) is 1.38. The van der Waals surface area contributed by atoms with Crippen LogP contribution in [0.3, 0.4) is 0 Å². The summed E-state index contributed by atoms with van der Waals surface area (Å²) in [6.07, 6.45) is 0.795. The summed E-state index contributed by atoms with van der Waals surface area (Å²) < 4.78 is 0. The highest BCUT2D eigenvalue weighted by Gasteiger charge is 2.10. The zero-order chi connectivity index (χ0) is 10.8. The van der Waals surface area contributed by atoms with E-state index in [2.05, 4.69) is 25.4 Å². The zero-order valence-corrected chi connectivity index (χ0v) is 8.65. The summed E-state index contributed by atoms with van der Waals surface area (Å²) in [6.45, 7) is 3.90. The van der Waals surface area contributed by atoms with E-state index in [1.807, 2.05) is 19.9 Å². The standard InChI is InChI=1S/C9H12N6/c1-3-7-6(4-5(2)12-13-7)8-11-9(10)15-14-8/h4H,3H2,1-2H3,(H3,10,11,14,15). The van der Waals surface area contributed by atoms with E-state index in [4.69, 9.17) is 5.73 Å². The van der Waals surface area contributed by atoms with Crippen LogP contribution in [0.5, 0.6) is 0 Å². The number of hydrogen-bond donors (Lipinski definition) is 2. The average molecular weight is 204 g/mol. The minimum Gasteiger partial charge on any atom is -0.366 e. The molecule has 0 saturated carbocycles. The second-order valence-electron chi connectivity index (χ2n) is 3.24. The van der Waals surface area contributed by atoms with Crippen molar-refractivity contribution in [3.63, 3.8) is 0 Å². The molecule has 0 amide bonds. The summed E-state index contributed by atoms with van der Waals surface area (Å²) in [5.74, 6) is 0.879. The Labute approximate surface area is 86.9 Å². The van der Waals surface area contributed by atoms with E-state index in [1.165, 1.54) is 0 Å². The van der Waals surface area contributed by atoms with Crippen LogP contribution in [0.1, 0.15) is 18.3 Å². The fraction of sp³-hybridized carbons (Fsp3) is 0.333. The third kappa shape index (κ3) is 1.78. The molecule has 2 aromatic heterocycles. The number of nitrogens with one attached hydrogen (secondary N) is 1. The van der Waals surface area contributed by atoms with Crippen molar-refractivity contribution < 1.29 is 0 Å². The van der Waals surface area contributed by atoms with Gasteiger partial charge in [-0.15, -0.1) is 5.10 Å². The molecule has 0 unspecified atom stereocenters. The van der Waals surface area contributed by atoms with Crippen LogP contribution in [-0.2, 0) is 6.42 Å². The van der Waals surface area contributed by atoms with Gasteiger partial charge in [0.2, 0.25) is 5.95 Å². The molecule has 3 N–H and O–H groups in total. The van der Waals surface area contributed by atoms with Crippen molar-refractivity contribution in [2.75, 3.05) is 5.73 Å². The van der Waals surface area contributed by atoms with Gasteiger partial charge in [-0.3, -0.25) is 5.10 Å². The van der Waals surface area contributed by atoms with Crippen molar-refractivity contribution in [1.82, 2.24) is 25.4 Å². The van der Waals surface area contributed by atoms with Gasteiger partial charge in [-0.25, -0.2) is 0 Å². The highest BCUT2D eigenvalue weighted by Crippen LogP contribution is 2.19. The van der Waals surface area contributed by atoms with Crippen LogP contribution < -0.4 is 5.73 Å². The third-order valence-electron chi connectivity index (χ3n) is 2.09. The predicted octanol–water partition coefficient (Wildman–Crippen LogP) is 0.715. The van der Waals surface area contributed by atoms with E-state index in [0.29, 0.717) is 5.82 Å². The second-order valence-corrected chi connectivity index (χ2v) is 3.24. The Kier molecular flexibility index (Phi) is 2.32. The van der Waals surface area contributed by atoms with E-state index in [0.717, 1.165) is 23.4 Å². The number of hydrogen-bond acceptors (Lipinski definition) is 5. The topological polar surface area (TPSA) is 93.4 Å². The Morgan fingerprint density at radius 2 is 2.20 bits per heavy atom. The number of nitrogens with two attached hydrogens (primary N) is 1. The van der Waals surface area contributed by atoms with E-state index in [-0.39, 0.29) is 5.95 Å². The van der Waals surface area contributed by atoms with Gasteiger partial charge in [0.25, 0.3) is 0 Å². The van der Waals surface area contributed by atoms with Gasteiger partial charge in [0, 0.05) is 5.56 Å². The summed E-state index contributed by atoms with van der Waals surface area (Å²) >= 11 is 0. The number of nitrogens with zero attached hydrogens (tertiary/aromatic N) is 4. The van der Waals surface area contributed by atoms with Crippen molar-refractivity contribution in [3.8, 4) is 11.4 Å². The van der Waals surface area contributed by atoms with Crippen molar-refractivity contribution in [2.45, 2.75) is 20.3 Å². The number of anilines is 1.